The van der Waals surface area contributed by atoms with Crippen molar-refractivity contribution < 1.29 is 9.52 Å². The van der Waals surface area contributed by atoms with Crippen molar-refractivity contribution in [3.8, 4) is 0 Å². The summed E-state index contributed by atoms with van der Waals surface area (Å²) in [7, 11) is 2.88. The lowest BCUT2D eigenvalue weighted by Gasteiger charge is -2.13. The number of aryl methyl sites for hydroxylation is 1. The van der Waals surface area contributed by atoms with Gasteiger partial charge in [0.15, 0.2) is 6.10 Å². The van der Waals surface area contributed by atoms with Crippen LogP contribution >= 0.6 is 0 Å². The van der Waals surface area contributed by atoms with Crippen LogP contribution in [0.4, 0.5) is 0 Å². The highest BCUT2D eigenvalue weighted by molar-refractivity contribution is 5.18. The molecule has 0 saturated carbocycles. The van der Waals surface area contributed by atoms with Gasteiger partial charge in [0.1, 0.15) is 11.5 Å². The zero-order chi connectivity index (χ0) is 13.4. The summed E-state index contributed by atoms with van der Waals surface area (Å²) in [5.74, 6) is 0.952. The summed E-state index contributed by atoms with van der Waals surface area (Å²) in [4.78, 5) is 23.3. The summed E-state index contributed by atoms with van der Waals surface area (Å²) in [6.07, 6.45) is -1.13. The van der Waals surface area contributed by atoms with E-state index >= 15 is 0 Å². The topological polar surface area (TPSA) is 77.4 Å². The van der Waals surface area contributed by atoms with Gasteiger partial charge in [0.25, 0.3) is 5.56 Å². The molecule has 2 rings (SSSR count). The summed E-state index contributed by atoms with van der Waals surface area (Å²) in [5, 5.41) is 10.1. The summed E-state index contributed by atoms with van der Waals surface area (Å²) in [6.45, 7) is 1.75. The smallest absolute Gasteiger partial charge is 0.330 e. The van der Waals surface area contributed by atoms with E-state index in [0.29, 0.717) is 11.5 Å². The molecule has 0 aromatic carbocycles. The first kappa shape index (κ1) is 12.4. The summed E-state index contributed by atoms with van der Waals surface area (Å²) in [6, 6.07) is 4.55. The van der Waals surface area contributed by atoms with Crippen LogP contribution in [0.3, 0.4) is 0 Å². The first-order valence-electron chi connectivity index (χ1n) is 5.43. The Morgan fingerprint density at radius 3 is 2.44 bits per heavy atom. The Labute approximate surface area is 103 Å². The second-order valence-electron chi connectivity index (χ2n) is 4.16. The molecule has 0 aliphatic carbocycles. The first-order chi connectivity index (χ1) is 8.41. The molecule has 0 aliphatic heterocycles. The van der Waals surface area contributed by atoms with Crippen molar-refractivity contribution in [3.05, 3.63) is 56.3 Å². The summed E-state index contributed by atoms with van der Waals surface area (Å²) in [5.41, 5.74) is -0.743. The molecule has 0 amide bonds. The van der Waals surface area contributed by atoms with Crippen molar-refractivity contribution in [2.45, 2.75) is 13.0 Å². The molecule has 2 heterocycles. The maximum absolute atomic E-state index is 11.7. The molecule has 1 atom stereocenters. The Morgan fingerprint density at radius 1 is 1.22 bits per heavy atom. The zero-order valence-electron chi connectivity index (χ0n) is 10.4. The van der Waals surface area contributed by atoms with E-state index in [9.17, 15) is 14.7 Å². The normalized spacial score (nSPS) is 12.7. The van der Waals surface area contributed by atoms with E-state index in [4.69, 9.17) is 4.42 Å². The van der Waals surface area contributed by atoms with Crippen molar-refractivity contribution >= 4 is 0 Å². The molecule has 0 fully saturated rings. The lowest BCUT2D eigenvalue weighted by atomic mass is 10.2. The maximum Gasteiger partial charge on any atom is 0.330 e. The van der Waals surface area contributed by atoms with Crippen LogP contribution in [-0.2, 0) is 14.1 Å². The van der Waals surface area contributed by atoms with Gasteiger partial charge in [0, 0.05) is 20.2 Å². The third-order valence-corrected chi connectivity index (χ3v) is 2.87. The number of rotatable bonds is 2. The second kappa shape index (κ2) is 4.30. The molecule has 1 N–H and O–H groups in total. The lowest BCUT2D eigenvalue weighted by Crippen LogP contribution is -2.38. The molecule has 96 valence electrons. The molecule has 18 heavy (non-hydrogen) atoms. The maximum atomic E-state index is 11.7. The molecule has 0 bridgehead atoms. The average molecular weight is 250 g/mol. The Balaban J connectivity index is 2.59. The molecule has 1 unspecified atom stereocenters. The first-order valence-corrected chi connectivity index (χ1v) is 5.43. The predicted octanol–water partition coefficient (Wildman–Crippen LogP) is 0.0671. The quantitative estimate of drug-likeness (QED) is 0.818. The van der Waals surface area contributed by atoms with Crippen LogP contribution in [0.2, 0.25) is 0 Å². The van der Waals surface area contributed by atoms with Gasteiger partial charge in [-0.25, -0.2) is 4.79 Å². The molecule has 0 aliphatic rings. The Morgan fingerprint density at radius 2 is 1.89 bits per heavy atom. The monoisotopic (exact) mass is 250 g/mol. The number of aromatic nitrogens is 2. The van der Waals surface area contributed by atoms with Gasteiger partial charge in [0.2, 0.25) is 0 Å². The van der Waals surface area contributed by atoms with Crippen molar-refractivity contribution in [3.63, 3.8) is 0 Å². The van der Waals surface area contributed by atoms with Gasteiger partial charge < -0.3 is 9.52 Å². The van der Waals surface area contributed by atoms with Crippen LogP contribution < -0.4 is 11.2 Å². The molecule has 0 saturated heterocycles. The van der Waals surface area contributed by atoms with E-state index < -0.39 is 17.4 Å². The fourth-order valence-electron chi connectivity index (χ4n) is 1.76. The van der Waals surface area contributed by atoms with E-state index in [2.05, 4.69) is 0 Å². The van der Waals surface area contributed by atoms with Gasteiger partial charge in [-0.3, -0.25) is 13.9 Å². The molecular weight excluding hydrogens is 236 g/mol. The fourth-order valence-corrected chi connectivity index (χ4v) is 1.76. The highest BCUT2D eigenvalue weighted by atomic mass is 16.4. The minimum absolute atomic E-state index is 0.206. The third-order valence-electron chi connectivity index (χ3n) is 2.87. The Bertz CT molecular complexity index is 693. The highest BCUT2D eigenvalue weighted by Gasteiger charge is 2.19. The molecule has 2 aromatic rings. The predicted molar refractivity (Wildman–Crippen MR) is 64.4 cm³/mol. The van der Waals surface area contributed by atoms with Crippen molar-refractivity contribution in [2.24, 2.45) is 14.1 Å². The SMILES string of the molecule is Cc1ccc(C(O)c2cc(=O)n(C)c(=O)n2C)o1. The molecule has 2 aromatic heterocycles. The van der Waals surface area contributed by atoms with Gasteiger partial charge in [-0.1, -0.05) is 0 Å². The number of furan rings is 1. The minimum Gasteiger partial charge on any atom is -0.463 e. The lowest BCUT2D eigenvalue weighted by molar-refractivity contribution is 0.177. The highest BCUT2D eigenvalue weighted by Crippen LogP contribution is 2.21. The van der Waals surface area contributed by atoms with Gasteiger partial charge >= 0.3 is 5.69 Å². The summed E-state index contributed by atoms with van der Waals surface area (Å²) < 4.78 is 7.49. The molecule has 6 heteroatoms. The summed E-state index contributed by atoms with van der Waals surface area (Å²) >= 11 is 0. The number of hydrogen-bond acceptors (Lipinski definition) is 4. The van der Waals surface area contributed by atoms with Crippen LogP contribution in [-0.4, -0.2) is 14.2 Å². The van der Waals surface area contributed by atoms with Crippen molar-refractivity contribution in [1.82, 2.24) is 9.13 Å². The van der Waals surface area contributed by atoms with Gasteiger partial charge in [-0.2, -0.15) is 0 Å². The van der Waals surface area contributed by atoms with Crippen molar-refractivity contribution in [1.29, 1.82) is 0 Å². The van der Waals surface area contributed by atoms with Crippen molar-refractivity contribution in [2.75, 3.05) is 0 Å². The van der Waals surface area contributed by atoms with Crippen LogP contribution in [0, 0.1) is 6.92 Å². The average Bonchev–Trinajstić information content (AvgIpc) is 2.77. The Kier molecular flexibility index (Phi) is 2.96. The van der Waals surface area contributed by atoms with E-state index in [1.807, 2.05) is 0 Å². The second-order valence-corrected chi connectivity index (χ2v) is 4.16. The fraction of sp³-hybridized carbons (Fsp3) is 0.333. The molecule has 0 spiro atoms. The van der Waals surface area contributed by atoms with E-state index in [1.165, 1.54) is 24.7 Å². The van der Waals surface area contributed by atoms with E-state index in [1.54, 1.807) is 19.1 Å². The minimum atomic E-state index is -1.13. The molecular formula is C12H14N2O4. The number of nitrogens with zero attached hydrogens (tertiary/aromatic N) is 2. The zero-order valence-corrected chi connectivity index (χ0v) is 10.4. The van der Waals surface area contributed by atoms with Crippen LogP contribution in [0.1, 0.15) is 23.3 Å². The third kappa shape index (κ3) is 1.91. The van der Waals surface area contributed by atoms with Gasteiger partial charge in [-0.15, -0.1) is 0 Å². The van der Waals surface area contributed by atoms with Gasteiger partial charge in [-0.05, 0) is 19.1 Å². The number of aliphatic hydroxyl groups excluding tert-OH is 1. The van der Waals surface area contributed by atoms with Gasteiger partial charge in [0.05, 0.1) is 5.69 Å². The molecule has 0 radical (unpaired) electrons. The molecule has 6 nitrogen and oxygen atoms in total. The van der Waals surface area contributed by atoms with Crippen LogP contribution in [0.5, 0.6) is 0 Å². The number of hydrogen-bond donors (Lipinski definition) is 1. The number of aliphatic hydroxyl groups is 1. The van der Waals surface area contributed by atoms with Crippen LogP contribution in [0.15, 0.2) is 32.2 Å². The van der Waals surface area contributed by atoms with E-state index in [-0.39, 0.29) is 5.69 Å². The largest absolute Gasteiger partial charge is 0.463 e. The van der Waals surface area contributed by atoms with E-state index in [0.717, 1.165) is 4.57 Å². The van der Waals surface area contributed by atoms with Crippen LogP contribution in [0.25, 0.3) is 0 Å². The Hall–Kier alpha value is -2.08. The standard InChI is InChI=1S/C12H14N2O4/c1-7-4-5-9(18-7)11(16)8-6-10(15)14(3)12(17)13(8)2/h4-6,11,16H,1-3H3.